The first-order valence-electron chi connectivity index (χ1n) is 9.07. The van der Waals surface area contributed by atoms with Crippen molar-refractivity contribution in [3.05, 3.63) is 53.4 Å². The molecule has 2 amide bonds. The summed E-state index contributed by atoms with van der Waals surface area (Å²) in [6.07, 6.45) is 1.68. The molecule has 30 heavy (non-hydrogen) atoms. The smallest absolute Gasteiger partial charge is 0.420 e. The van der Waals surface area contributed by atoms with E-state index in [1.165, 1.54) is 30.6 Å². The molecule has 0 aliphatic heterocycles. The number of amides is 2. The van der Waals surface area contributed by atoms with Gasteiger partial charge in [0.2, 0.25) is 0 Å². The Morgan fingerprint density at radius 2 is 2.07 bits per heavy atom. The van der Waals surface area contributed by atoms with Crippen LogP contribution in [0.2, 0.25) is 0 Å². The molecule has 0 aliphatic carbocycles. The number of ketones is 1. The molecule has 3 rings (SSSR count). The number of imide groups is 1. The van der Waals surface area contributed by atoms with Gasteiger partial charge in [0.25, 0.3) is 5.91 Å². The molecule has 8 nitrogen and oxygen atoms in total. The maximum Gasteiger partial charge on any atom is 0.420 e. The number of carboxylic acid groups (broad SMARTS) is 1. The zero-order valence-corrected chi connectivity index (χ0v) is 16.8. The molecule has 0 spiro atoms. The van der Waals surface area contributed by atoms with E-state index >= 15 is 0 Å². The van der Waals surface area contributed by atoms with Crippen molar-refractivity contribution in [3.8, 4) is 10.4 Å². The van der Waals surface area contributed by atoms with Gasteiger partial charge in [0, 0.05) is 12.8 Å². The first-order chi connectivity index (χ1) is 14.4. The highest BCUT2D eigenvalue weighted by atomic mass is 32.1. The molecular formula is C20H18FN3O5S. The summed E-state index contributed by atoms with van der Waals surface area (Å²) in [7, 11) is 0. The van der Waals surface area contributed by atoms with E-state index < -0.39 is 17.8 Å². The van der Waals surface area contributed by atoms with Crippen LogP contribution < -0.4 is 4.90 Å². The molecule has 1 N–H and O–H groups in total. The van der Waals surface area contributed by atoms with E-state index in [0.717, 1.165) is 17.6 Å². The minimum absolute atomic E-state index is 0.0862. The molecule has 0 atom stereocenters. The summed E-state index contributed by atoms with van der Waals surface area (Å²) in [6, 6.07) is 5.60. The summed E-state index contributed by atoms with van der Waals surface area (Å²) in [4.78, 5) is 44.6. The molecule has 0 aliphatic rings. The molecule has 0 radical (unpaired) electrons. The molecule has 2 heterocycles. The molecule has 0 fully saturated rings. The number of aromatic nitrogens is 2. The van der Waals surface area contributed by atoms with Gasteiger partial charge in [-0.1, -0.05) is 12.1 Å². The van der Waals surface area contributed by atoms with Crippen LogP contribution in [0.4, 0.5) is 15.0 Å². The lowest BCUT2D eigenvalue weighted by Crippen LogP contribution is -2.36. The topological polar surface area (TPSA) is 114 Å². The Kier molecular flexibility index (Phi) is 6.68. The van der Waals surface area contributed by atoms with Crippen LogP contribution >= 0.6 is 11.3 Å². The highest BCUT2D eigenvalue weighted by Gasteiger charge is 2.31. The number of carbonyl (C=O) groups excluding carboxylic acids is 2. The lowest BCUT2D eigenvalue weighted by Gasteiger charge is -2.13. The molecule has 0 bridgehead atoms. The molecule has 1 aromatic carbocycles. The highest BCUT2D eigenvalue weighted by molar-refractivity contribution is 7.13. The SMILES string of the molecule is CC(=O)CCCCc1nc(N(C(=O)O)C(=O)c2ncsc2-c2cccc(F)c2)co1. The van der Waals surface area contributed by atoms with E-state index in [2.05, 4.69) is 9.97 Å². The summed E-state index contributed by atoms with van der Waals surface area (Å²) in [5.41, 5.74) is 1.67. The Morgan fingerprint density at radius 1 is 1.27 bits per heavy atom. The summed E-state index contributed by atoms with van der Waals surface area (Å²) in [5.74, 6) is -1.24. The Labute approximate surface area is 175 Å². The molecule has 0 unspecified atom stereocenters. The van der Waals surface area contributed by atoms with Crippen molar-refractivity contribution < 1.29 is 28.3 Å². The average Bonchev–Trinajstić information content (AvgIpc) is 3.35. The van der Waals surface area contributed by atoms with Gasteiger partial charge in [-0.05, 0) is 37.5 Å². The van der Waals surface area contributed by atoms with Crippen LogP contribution in [0.3, 0.4) is 0 Å². The second-order valence-corrected chi connectivity index (χ2v) is 7.33. The zero-order chi connectivity index (χ0) is 21.7. The Hall–Kier alpha value is -3.40. The number of anilines is 1. The quantitative estimate of drug-likeness (QED) is 0.520. The number of hydrogen-bond acceptors (Lipinski definition) is 7. The summed E-state index contributed by atoms with van der Waals surface area (Å²) in [6.45, 7) is 1.51. The number of aryl methyl sites for hydroxylation is 1. The van der Waals surface area contributed by atoms with Gasteiger partial charge >= 0.3 is 6.09 Å². The molecular weight excluding hydrogens is 413 g/mol. The number of hydrogen-bond donors (Lipinski definition) is 1. The summed E-state index contributed by atoms with van der Waals surface area (Å²) in [5, 5.41) is 9.59. The predicted octanol–water partition coefficient (Wildman–Crippen LogP) is 4.56. The fraction of sp³-hybridized carbons (Fsp3) is 0.250. The molecule has 156 valence electrons. The molecule has 0 saturated heterocycles. The van der Waals surface area contributed by atoms with Crippen LogP contribution in [0.25, 0.3) is 10.4 Å². The van der Waals surface area contributed by atoms with Crippen LogP contribution in [0.15, 0.2) is 40.5 Å². The van der Waals surface area contributed by atoms with Gasteiger partial charge in [0.1, 0.15) is 23.6 Å². The van der Waals surface area contributed by atoms with Gasteiger partial charge in [0.15, 0.2) is 11.7 Å². The molecule has 0 saturated carbocycles. The predicted molar refractivity (Wildman–Crippen MR) is 107 cm³/mol. The molecule has 2 aromatic heterocycles. The van der Waals surface area contributed by atoms with Crippen molar-refractivity contribution >= 4 is 34.9 Å². The van der Waals surface area contributed by atoms with E-state index in [9.17, 15) is 23.9 Å². The van der Waals surface area contributed by atoms with Crippen molar-refractivity contribution in [3.63, 3.8) is 0 Å². The largest absolute Gasteiger partial charge is 0.464 e. The number of unbranched alkanes of at least 4 members (excludes halogenated alkanes) is 1. The Balaban J connectivity index is 1.81. The van der Waals surface area contributed by atoms with Crippen molar-refractivity contribution in [2.24, 2.45) is 0 Å². The minimum atomic E-state index is -1.55. The summed E-state index contributed by atoms with van der Waals surface area (Å²) < 4.78 is 18.9. The second-order valence-electron chi connectivity index (χ2n) is 6.47. The zero-order valence-electron chi connectivity index (χ0n) is 16.0. The van der Waals surface area contributed by atoms with Gasteiger partial charge in [-0.25, -0.2) is 14.2 Å². The van der Waals surface area contributed by atoms with Gasteiger partial charge in [-0.2, -0.15) is 9.88 Å². The number of oxazole rings is 1. The third kappa shape index (κ3) is 4.95. The van der Waals surface area contributed by atoms with E-state index in [1.54, 1.807) is 6.07 Å². The lowest BCUT2D eigenvalue weighted by atomic mass is 10.1. The number of Topliss-reactive ketones (excluding diaryl/α,β-unsaturated/α-hetero) is 1. The third-order valence-corrected chi connectivity index (χ3v) is 5.06. The van der Waals surface area contributed by atoms with Crippen LogP contribution in [-0.4, -0.2) is 32.9 Å². The second kappa shape index (κ2) is 9.40. The van der Waals surface area contributed by atoms with Crippen molar-refractivity contribution in [2.45, 2.75) is 32.6 Å². The number of rotatable bonds is 8. The summed E-state index contributed by atoms with van der Waals surface area (Å²) >= 11 is 1.10. The lowest BCUT2D eigenvalue weighted by molar-refractivity contribution is -0.117. The van der Waals surface area contributed by atoms with Crippen LogP contribution in [0.5, 0.6) is 0 Å². The number of nitrogens with zero attached hydrogens (tertiary/aromatic N) is 3. The van der Waals surface area contributed by atoms with Gasteiger partial charge in [-0.3, -0.25) is 4.79 Å². The molecule has 3 aromatic rings. The maximum atomic E-state index is 13.6. The highest BCUT2D eigenvalue weighted by Crippen LogP contribution is 2.30. The van der Waals surface area contributed by atoms with Crippen molar-refractivity contribution in [1.29, 1.82) is 0 Å². The Bertz CT molecular complexity index is 1080. The van der Waals surface area contributed by atoms with Crippen LogP contribution in [-0.2, 0) is 11.2 Å². The number of halogens is 1. The van der Waals surface area contributed by atoms with E-state index in [0.29, 0.717) is 41.0 Å². The fourth-order valence-electron chi connectivity index (χ4n) is 2.80. The van der Waals surface area contributed by atoms with E-state index in [-0.39, 0.29) is 23.2 Å². The van der Waals surface area contributed by atoms with Crippen LogP contribution in [0.1, 0.15) is 42.6 Å². The van der Waals surface area contributed by atoms with Crippen molar-refractivity contribution in [2.75, 3.05) is 4.90 Å². The van der Waals surface area contributed by atoms with E-state index in [4.69, 9.17) is 4.42 Å². The van der Waals surface area contributed by atoms with Gasteiger partial charge in [-0.15, -0.1) is 11.3 Å². The normalized spacial score (nSPS) is 10.7. The maximum absolute atomic E-state index is 13.6. The first-order valence-corrected chi connectivity index (χ1v) is 9.95. The monoisotopic (exact) mass is 431 g/mol. The molecule has 10 heteroatoms. The average molecular weight is 431 g/mol. The third-order valence-electron chi connectivity index (χ3n) is 4.19. The van der Waals surface area contributed by atoms with Crippen LogP contribution in [0, 0.1) is 5.82 Å². The van der Waals surface area contributed by atoms with E-state index in [1.807, 2.05) is 0 Å². The number of thiazole rings is 1. The number of benzene rings is 1. The minimum Gasteiger partial charge on any atom is -0.464 e. The fourth-order valence-corrected chi connectivity index (χ4v) is 3.57. The van der Waals surface area contributed by atoms with Gasteiger partial charge in [0.05, 0.1) is 10.4 Å². The number of carbonyl (C=O) groups is 3. The first kappa shape index (κ1) is 21.3. The van der Waals surface area contributed by atoms with Crippen molar-refractivity contribution in [1.82, 2.24) is 9.97 Å². The Morgan fingerprint density at radius 3 is 2.77 bits per heavy atom. The standard InChI is InChI=1S/C20H18FN3O5S/c1-12(25)5-2-3-8-16-23-15(10-29-16)24(20(27)28)19(26)17-18(30-11-22-17)13-6-4-7-14(21)9-13/h4,6-7,9-11H,2-3,5,8H2,1H3,(H,27,28). The van der Waals surface area contributed by atoms with Gasteiger partial charge < -0.3 is 14.3 Å².